The van der Waals surface area contributed by atoms with Gasteiger partial charge in [0, 0.05) is 20.3 Å². The van der Waals surface area contributed by atoms with Crippen LogP contribution in [-0.2, 0) is 25.4 Å². The minimum atomic E-state index is -0.971. The molecule has 2 atom stereocenters. The largest absolute Gasteiger partial charge is 0.497 e. The number of cyclic esters (lactones) is 1. The fourth-order valence-corrected chi connectivity index (χ4v) is 3.85. The molecule has 0 unspecified atom stereocenters. The first-order valence-corrected chi connectivity index (χ1v) is 9.94. The van der Waals surface area contributed by atoms with Gasteiger partial charge < -0.3 is 18.9 Å². The molecule has 2 aliphatic heterocycles. The molecule has 0 amide bonds. The summed E-state index contributed by atoms with van der Waals surface area (Å²) in [7, 11) is 1.63. The van der Waals surface area contributed by atoms with Crippen molar-refractivity contribution in [2.75, 3.05) is 7.11 Å². The van der Waals surface area contributed by atoms with Crippen LogP contribution in [0.4, 0.5) is 0 Å². The molecule has 4 rings (SSSR count). The van der Waals surface area contributed by atoms with Crippen molar-refractivity contribution >= 4 is 5.97 Å². The number of aryl methyl sites for hydroxylation is 1. The number of carbonyl (C=O) groups excluding carboxylic acids is 1. The Morgan fingerprint density at radius 1 is 1.03 bits per heavy atom. The minimum Gasteiger partial charge on any atom is -0.497 e. The van der Waals surface area contributed by atoms with E-state index in [4.69, 9.17) is 18.9 Å². The molecule has 0 saturated heterocycles. The summed E-state index contributed by atoms with van der Waals surface area (Å²) in [6.07, 6.45) is 1.73. The number of methoxy groups -OCH3 is 1. The van der Waals surface area contributed by atoms with Crippen LogP contribution in [0, 0.1) is 0 Å². The van der Waals surface area contributed by atoms with Gasteiger partial charge in [0.2, 0.25) is 5.79 Å². The molecule has 0 radical (unpaired) electrons. The van der Waals surface area contributed by atoms with E-state index in [9.17, 15) is 4.79 Å². The normalized spacial score (nSPS) is 23.1. The Morgan fingerprint density at radius 2 is 1.76 bits per heavy atom. The van der Waals surface area contributed by atoms with E-state index in [-0.39, 0.29) is 12.1 Å². The van der Waals surface area contributed by atoms with Crippen molar-refractivity contribution in [1.29, 1.82) is 0 Å². The molecule has 0 aliphatic carbocycles. The summed E-state index contributed by atoms with van der Waals surface area (Å²) < 4.78 is 23.2. The first-order valence-electron chi connectivity index (χ1n) is 9.94. The number of benzene rings is 2. The van der Waals surface area contributed by atoms with Gasteiger partial charge in [0.05, 0.1) is 13.2 Å². The highest BCUT2D eigenvalue weighted by atomic mass is 16.7. The molecule has 0 saturated carbocycles. The van der Waals surface area contributed by atoms with Gasteiger partial charge in [0.25, 0.3) is 0 Å². The maximum Gasteiger partial charge on any atom is 0.343 e. The van der Waals surface area contributed by atoms with E-state index in [1.54, 1.807) is 21.0 Å². The third-order valence-electron chi connectivity index (χ3n) is 5.25. The van der Waals surface area contributed by atoms with Crippen molar-refractivity contribution in [3.05, 3.63) is 77.1 Å². The smallest absolute Gasteiger partial charge is 0.343 e. The van der Waals surface area contributed by atoms with Gasteiger partial charge in [-0.1, -0.05) is 42.5 Å². The van der Waals surface area contributed by atoms with E-state index in [1.807, 2.05) is 42.5 Å². The Morgan fingerprint density at radius 3 is 2.45 bits per heavy atom. The molecule has 2 aromatic rings. The summed E-state index contributed by atoms with van der Waals surface area (Å²) in [5.74, 6) is 0.0831. The van der Waals surface area contributed by atoms with Gasteiger partial charge in [-0.3, -0.25) is 0 Å². The summed E-state index contributed by atoms with van der Waals surface area (Å²) in [6, 6.07) is 17.9. The van der Waals surface area contributed by atoms with Crippen LogP contribution in [-0.4, -0.2) is 25.0 Å². The van der Waals surface area contributed by atoms with Gasteiger partial charge in [-0.05, 0) is 36.1 Å². The molecule has 0 spiro atoms. The van der Waals surface area contributed by atoms with Crippen LogP contribution in [0.15, 0.2) is 65.9 Å². The Hall–Kier alpha value is -2.79. The second-order valence-corrected chi connectivity index (χ2v) is 7.87. The molecular formula is C24H26O5. The topological polar surface area (TPSA) is 54.0 Å². The zero-order valence-corrected chi connectivity index (χ0v) is 17.0. The van der Waals surface area contributed by atoms with Gasteiger partial charge in [-0.2, -0.15) is 0 Å². The predicted octanol–water partition coefficient (Wildman–Crippen LogP) is 4.72. The zero-order chi connectivity index (χ0) is 20.4. The summed E-state index contributed by atoms with van der Waals surface area (Å²) in [5.41, 5.74) is 2.61. The highest BCUT2D eigenvalue weighted by Gasteiger charge is 2.44. The average molecular weight is 394 g/mol. The van der Waals surface area contributed by atoms with Crippen LogP contribution in [0.25, 0.3) is 0 Å². The van der Waals surface area contributed by atoms with Gasteiger partial charge in [0.15, 0.2) is 0 Å². The second-order valence-electron chi connectivity index (χ2n) is 7.87. The molecule has 2 aromatic carbocycles. The van der Waals surface area contributed by atoms with Crippen molar-refractivity contribution < 1.29 is 23.7 Å². The van der Waals surface area contributed by atoms with Crippen LogP contribution in [0.1, 0.15) is 43.9 Å². The van der Waals surface area contributed by atoms with E-state index in [0.29, 0.717) is 17.8 Å². The van der Waals surface area contributed by atoms with Crippen LogP contribution in [0.2, 0.25) is 0 Å². The van der Waals surface area contributed by atoms with E-state index >= 15 is 0 Å². The van der Waals surface area contributed by atoms with Gasteiger partial charge >= 0.3 is 5.97 Å². The SMILES string of the molecule is COc1ccc([C@H]2O[C@@H](CCc3ccccc3)CC3=C2C(=O)OC(C)(C)O3)cc1. The molecule has 0 aromatic heterocycles. The lowest BCUT2D eigenvalue weighted by Gasteiger charge is -2.40. The first-order chi connectivity index (χ1) is 13.9. The van der Waals surface area contributed by atoms with E-state index in [2.05, 4.69) is 12.1 Å². The molecule has 2 aliphatic rings. The second kappa shape index (κ2) is 7.91. The number of esters is 1. The van der Waals surface area contributed by atoms with E-state index in [0.717, 1.165) is 24.2 Å². The van der Waals surface area contributed by atoms with Crippen molar-refractivity contribution in [3.8, 4) is 5.75 Å². The first kappa shape index (κ1) is 19.5. The summed E-state index contributed by atoms with van der Waals surface area (Å²) in [5, 5.41) is 0. The third-order valence-corrected chi connectivity index (χ3v) is 5.25. The molecule has 5 heteroatoms. The molecule has 5 nitrogen and oxygen atoms in total. The fraction of sp³-hybridized carbons (Fsp3) is 0.375. The predicted molar refractivity (Wildman–Crippen MR) is 108 cm³/mol. The van der Waals surface area contributed by atoms with Crippen molar-refractivity contribution in [1.82, 2.24) is 0 Å². The Kier molecular flexibility index (Phi) is 5.33. The quantitative estimate of drug-likeness (QED) is 0.687. The number of hydrogen-bond donors (Lipinski definition) is 0. The monoisotopic (exact) mass is 394 g/mol. The number of ether oxygens (including phenoxy) is 4. The van der Waals surface area contributed by atoms with Crippen molar-refractivity contribution in [3.63, 3.8) is 0 Å². The highest BCUT2D eigenvalue weighted by molar-refractivity contribution is 5.91. The number of hydrogen-bond acceptors (Lipinski definition) is 5. The van der Waals surface area contributed by atoms with Crippen LogP contribution in [0.5, 0.6) is 5.75 Å². The van der Waals surface area contributed by atoms with Gasteiger partial charge in [-0.15, -0.1) is 0 Å². The summed E-state index contributed by atoms with van der Waals surface area (Å²) >= 11 is 0. The minimum absolute atomic E-state index is 0.0530. The maximum absolute atomic E-state index is 12.8. The fourth-order valence-electron chi connectivity index (χ4n) is 3.85. The van der Waals surface area contributed by atoms with E-state index < -0.39 is 11.9 Å². The zero-order valence-electron chi connectivity index (χ0n) is 17.0. The molecule has 0 bridgehead atoms. The Balaban J connectivity index is 1.62. The summed E-state index contributed by atoms with van der Waals surface area (Å²) in [4.78, 5) is 12.8. The average Bonchev–Trinajstić information content (AvgIpc) is 2.71. The molecule has 0 N–H and O–H groups in total. The Bertz CT molecular complexity index is 899. The maximum atomic E-state index is 12.8. The van der Waals surface area contributed by atoms with Crippen molar-refractivity contribution in [2.45, 2.75) is 51.1 Å². The molecular weight excluding hydrogens is 368 g/mol. The molecule has 2 heterocycles. The van der Waals surface area contributed by atoms with Crippen molar-refractivity contribution in [2.24, 2.45) is 0 Å². The lowest BCUT2D eigenvalue weighted by Crippen LogP contribution is -2.42. The summed E-state index contributed by atoms with van der Waals surface area (Å²) in [6.45, 7) is 3.51. The molecule has 152 valence electrons. The van der Waals surface area contributed by atoms with E-state index in [1.165, 1.54) is 5.56 Å². The molecule has 0 fully saturated rings. The lowest BCUT2D eigenvalue weighted by molar-refractivity contribution is -0.217. The third kappa shape index (κ3) is 4.30. The van der Waals surface area contributed by atoms with Crippen LogP contribution < -0.4 is 4.74 Å². The highest BCUT2D eigenvalue weighted by Crippen LogP contribution is 2.43. The Labute approximate surface area is 171 Å². The molecule has 29 heavy (non-hydrogen) atoms. The number of rotatable bonds is 5. The lowest BCUT2D eigenvalue weighted by atomic mass is 9.92. The van der Waals surface area contributed by atoms with Gasteiger partial charge in [-0.25, -0.2) is 4.79 Å². The van der Waals surface area contributed by atoms with Crippen LogP contribution in [0.3, 0.4) is 0 Å². The number of carbonyl (C=O) groups is 1. The standard InChI is InChI=1S/C24H26O5/c1-24(2)28-20-15-19(12-9-16-7-5-4-6-8-16)27-22(21(20)23(25)29-24)17-10-13-18(26-3)14-11-17/h4-8,10-11,13-14,19,22H,9,12,15H2,1-3H3/t19-,22+/m0/s1. The van der Waals surface area contributed by atoms with Gasteiger partial charge in [0.1, 0.15) is 23.2 Å². The van der Waals surface area contributed by atoms with Crippen LogP contribution >= 0.6 is 0 Å².